The highest BCUT2D eigenvalue weighted by Crippen LogP contribution is 2.28. The van der Waals surface area contributed by atoms with Crippen LogP contribution in [-0.4, -0.2) is 19.9 Å². The van der Waals surface area contributed by atoms with Crippen molar-refractivity contribution in [2.45, 2.75) is 26.0 Å². The molecule has 0 bridgehead atoms. The van der Waals surface area contributed by atoms with Gasteiger partial charge in [-0.3, -0.25) is 0 Å². The minimum atomic E-state index is -0.761. The molecule has 18 heavy (non-hydrogen) atoms. The molecule has 0 saturated heterocycles. The number of hydrogen-bond acceptors (Lipinski definition) is 3. The van der Waals surface area contributed by atoms with Crippen molar-refractivity contribution in [3.63, 3.8) is 0 Å². The SMILES string of the molecule is CCCn1ncnc1C(O)c1cc(I)ccc1Br. The van der Waals surface area contributed by atoms with E-state index in [9.17, 15) is 5.11 Å². The monoisotopic (exact) mass is 421 g/mol. The summed E-state index contributed by atoms with van der Waals surface area (Å²) in [5.41, 5.74) is 0.812. The fourth-order valence-electron chi connectivity index (χ4n) is 1.73. The van der Waals surface area contributed by atoms with Gasteiger partial charge in [0, 0.05) is 20.2 Å². The van der Waals surface area contributed by atoms with Crippen LogP contribution in [0, 0.1) is 3.57 Å². The van der Waals surface area contributed by atoms with Crippen LogP contribution in [0.25, 0.3) is 0 Å². The third-order valence-electron chi connectivity index (χ3n) is 2.58. The summed E-state index contributed by atoms with van der Waals surface area (Å²) in [5.74, 6) is 0.583. The van der Waals surface area contributed by atoms with E-state index >= 15 is 0 Å². The number of aromatic nitrogens is 3. The summed E-state index contributed by atoms with van der Waals surface area (Å²) < 4.78 is 3.70. The van der Waals surface area contributed by atoms with Gasteiger partial charge in [0.15, 0.2) is 5.82 Å². The highest BCUT2D eigenvalue weighted by atomic mass is 127. The zero-order chi connectivity index (χ0) is 13.1. The molecule has 0 spiro atoms. The average Bonchev–Trinajstić information content (AvgIpc) is 2.80. The van der Waals surface area contributed by atoms with Crippen molar-refractivity contribution in [2.24, 2.45) is 0 Å². The summed E-state index contributed by atoms with van der Waals surface area (Å²) in [5, 5.41) is 14.6. The standard InChI is InChI=1S/C12H13BrIN3O/c1-2-5-17-12(15-7-16-17)11(18)9-6-8(14)3-4-10(9)13/h3-4,6-7,11,18H,2,5H2,1H3. The molecule has 1 atom stereocenters. The molecule has 1 N–H and O–H groups in total. The molecule has 1 aromatic heterocycles. The molecular weight excluding hydrogens is 409 g/mol. The van der Waals surface area contributed by atoms with Crippen LogP contribution >= 0.6 is 38.5 Å². The predicted molar refractivity (Wildman–Crippen MR) is 81.2 cm³/mol. The molecule has 6 heteroatoms. The Hall–Kier alpha value is -0.470. The molecule has 0 radical (unpaired) electrons. The first-order valence-electron chi connectivity index (χ1n) is 5.64. The molecule has 0 aliphatic heterocycles. The summed E-state index contributed by atoms with van der Waals surface area (Å²) in [6.07, 6.45) is 1.68. The highest BCUT2D eigenvalue weighted by Gasteiger charge is 2.19. The van der Waals surface area contributed by atoms with E-state index in [1.807, 2.05) is 18.2 Å². The van der Waals surface area contributed by atoms with E-state index in [4.69, 9.17) is 0 Å². The van der Waals surface area contributed by atoms with Crippen LogP contribution in [0.5, 0.6) is 0 Å². The summed E-state index contributed by atoms with van der Waals surface area (Å²) >= 11 is 5.68. The number of nitrogens with zero attached hydrogens (tertiary/aromatic N) is 3. The number of hydrogen-bond donors (Lipinski definition) is 1. The van der Waals surface area contributed by atoms with E-state index in [1.54, 1.807) is 4.68 Å². The van der Waals surface area contributed by atoms with Crippen LogP contribution < -0.4 is 0 Å². The fourth-order valence-corrected chi connectivity index (χ4v) is 2.71. The second kappa shape index (κ2) is 6.12. The van der Waals surface area contributed by atoms with E-state index in [-0.39, 0.29) is 0 Å². The molecule has 4 nitrogen and oxygen atoms in total. The zero-order valence-electron chi connectivity index (χ0n) is 9.85. The lowest BCUT2D eigenvalue weighted by molar-refractivity contribution is 0.201. The van der Waals surface area contributed by atoms with Crippen molar-refractivity contribution in [2.75, 3.05) is 0 Å². The minimum absolute atomic E-state index is 0.583. The van der Waals surface area contributed by atoms with Gasteiger partial charge in [0.1, 0.15) is 12.4 Å². The van der Waals surface area contributed by atoms with Crippen molar-refractivity contribution < 1.29 is 5.11 Å². The lowest BCUT2D eigenvalue weighted by Crippen LogP contribution is -2.12. The van der Waals surface area contributed by atoms with Gasteiger partial charge in [0.05, 0.1) is 0 Å². The Bertz CT molecular complexity index is 544. The average molecular weight is 422 g/mol. The van der Waals surface area contributed by atoms with Gasteiger partial charge in [-0.1, -0.05) is 22.9 Å². The van der Waals surface area contributed by atoms with Gasteiger partial charge in [0.25, 0.3) is 0 Å². The highest BCUT2D eigenvalue weighted by molar-refractivity contribution is 14.1. The summed E-state index contributed by atoms with van der Waals surface area (Å²) in [6, 6.07) is 5.86. The van der Waals surface area contributed by atoms with E-state index in [1.165, 1.54) is 6.33 Å². The Labute approximate surface area is 128 Å². The van der Waals surface area contributed by atoms with Crippen molar-refractivity contribution in [3.05, 3.63) is 44.0 Å². The third kappa shape index (κ3) is 2.92. The number of aliphatic hydroxyl groups excluding tert-OH is 1. The van der Waals surface area contributed by atoms with E-state index in [0.29, 0.717) is 5.82 Å². The maximum atomic E-state index is 10.4. The van der Waals surface area contributed by atoms with Crippen molar-refractivity contribution in [1.29, 1.82) is 0 Å². The first-order chi connectivity index (χ1) is 8.63. The summed E-state index contributed by atoms with van der Waals surface area (Å²) in [4.78, 5) is 4.16. The molecule has 0 aliphatic rings. The largest absolute Gasteiger partial charge is 0.380 e. The molecule has 96 valence electrons. The minimum Gasteiger partial charge on any atom is -0.380 e. The third-order valence-corrected chi connectivity index (χ3v) is 3.97. The zero-order valence-corrected chi connectivity index (χ0v) is 13.6. The van der Waals surface area contributed by atoms with E-state index in [2.05, 4.69) is 55.5 Å². The number of aryl methyl sites for hydroxylation is 1. The molecule has 1 unspecified atom stereocenters. The maximum Gasteiger partial charge on any atom is 0.160 e. The summed E-state index contributed by atoms with van der Waals surface area (Å²) in [7, 11) is 0. The normalized spacial score (nSPS) is 12.7. The van der Waals surface area contributed by atoms with Gasteiger partial charge < -0.3 is 5.11 Å². The van der Waals surface area contributed by atoms with Crippen LogP contribution in [0.15, 0.2) is 29.0 Å². The van der Waals surface area contributed by atoms with Crippen LogP contribution in [-0.2, 0) is 6.54 Å². The van der Waals surface area contributed by atoms with Crippen LogP contribution in [0.2, 0.25) is 0 Å². The number of halogens is 2. The second-order valence-corrected chi connectivity index (χ2v) is 6.01. The van der Waals surface area contributed by atoms with Crippen LogP contribution in [0.3, 0.4) is 0 Å². The first kappa shape index (κ1) is 14.0. The second-order valence-electron chi connectivity index (χ2n) is 3.91. The van der Waals surface area contributed by atoms with Crippen molar-refractivity contribution in [1.82, 2.24) is 14.8 Å². The first-order valence-corrected chi connectivity index (χ1v) is 7.51. The number of benzene rings is 1. The molecule has 2 rings (SSSR count). The Morgan fingerprint density at radius 3 is 3.00 bits per heavy atom. The molecule has 0 saturated carbocycles. The lowest BCUT2D eigenvalue weighted by atomic mass is 10.1. The molecule has 2 aromatic rings. The van der Waals surface area contributed by atoms with Gasteiger partial charge in [-0.15, -0.1) is 0 Å². The Morgan fingerprint density at radius 2 is 2.28 bits per heavy atom. The van der Waals surface area contributed by atoms with Gasteiger partial charge in [-0.2, -0.15) is 5.10 Å². The molecule has 1 aromatic carbocycles. The predicted octanol–water partition coefficient (Wildman–Crippen LogP) is 3.14. The van der Waals surface area contributed by atoms with E-state index < -0.39 is 6.10 Å². The number of rotatable bonds is 4. The molecule has 0 fully saturated rings. The summed E-state index contributed by atoms with van der Waals surface area (Å²) in [6.45, 7) is 2.83. The lowest BCUT2D eigenvalue weighted by Gasteiger charge is -2.13. The Kier molecular flexibility index (Phi) is 4.74. The van der Waals surface area contributed by atoms with Crippen molar-refractivity contribution in [3.8, 4) is 0 Å². The van der Waals surface area contributed by atoms with Gasteiger partial charge in [0.2, 0.25) is 0 Å². The van der Waals surface area contributed by atoms with Gasteiger partial charge in [-0.25, -0.2) is 9.67 Å². The topological polar surface area (TPSA) is 50.9 Å². The van der Waals surface area contributed by atoms with Gasteiger partial charge >= 0.3 is 0 Å². The number of aliphatic hydroxyl groups is 1. The molecule has 1 heterocycles. The van der Waals surface area contributed by atoms with Crippen molar-refractivity contribution >= 4 is 38.5 Å². The smallest absolute Gasteiger partial charge is 0.160 e. The molecular formula is C12H13BrIN3O. The molecule has 0 aliphatic carbocycles. The Morgan fingerprint density at radius 1 is 1.50 bits per heavy atom. The quantitative estimate of drug-likeness (QED) is 0.771. The van der Waals surface area contributed by atoms with Crippen LogP contribution in [0.4, 0.5) is 0 Å². The maximum absolute atomic E-state index is 10.4. The van der Waals surface area contributed by atoms with E-state index in [0.717, 1.165) is 26.6 Å². The molecule has 0 amide bonds. The van der Waals surface area contributed by atoms with Gasteiger partial charge in [-0.05, 0) is 47.2 Å². The Balaban J connectivity index is 2.38. The van der Waals surface area contributed by atoms with Crippen LogP contribution in [0.1, 0.15) is 30.8 Å². The fraction of sp³-hybridized carbons (Fsp3) is 0.333.